The highest BCUT2D eigenvalue weighted by atomic mass is 31.2. The predicted octanol–water partition coefficient (Wildman–Crippen LogP) is -0.138. The number of carbonyl (C=O) groups excluding carboxylic acids is 2. The first-order valence-corrected chi connectivity index (χ1v) is 20.6. The summed E-state index contributed by atoms with van der Waals surface area (Å²) in [6.07, 6.45) is -8.18. The number of azide groups is 1. The molecule has 5 rings (SSSR count). The number of amides is 1. The number of nitrogens with one attached hydrogen (secondary N) is 1. The summed E-state index contributed by atoms with van der Waals surface area (Å²) in [6, 6.07) is -0.135. The van der Waals surface area contributed by atoms with Gasteiger partial charge in [0, 0.05) is 24.1 Å². The molecule has 0 radical (unpaired) electrons. The second kappa shape index (κ2) is 18.7. The number of aliphatic hydroxyl groups is 1. The van der Waals surface area contributed by atoms with Gasteiger partial charge in [0.2, 0.25) is 0 Å². The third-order valence-corrected chi connectivity index (χ3v) is 9.96. The molecule has 2 aliphatic heterocycles. The molecular weight excluding hydrogens is 834 g/mol. The van der Waals surface area contributed by atoms with Crippen molar-refractivity contribution in [1.82, 2.24) is 34.4 Å². The van der Waals surface area contributed by atoms with Crippen molar-refractivity contribution >= 4 is 50.9 Å². The summed E-state index contributed by atoms with van der Waals surface area (Å²) < 4.78 is 51.8. The summed E-state index contributed by atoms with van der Waals surface area (Å²) in [6.45, 7) is 3.04. The van der Waals surface area contributed by atoms with E-state index in [4.69, 9.17) is 45.0 Å². The first-order chi connectivity index (χ1) is 27.6. The van der Waals surface area contributed by atoms with E-state index in [0.717, 1.165) is 10.9 Å². The topological polar surface area (TPSA) is 408 Å². The van der Waals surface area contributed by atoms with Crippen LogP contribution < -0.4 is 22.5 Å². The van der Waals surface area contributed by atoms with Gasteiger partial charge >= 0.3 is 33.7 Å². The smallest absolute Gasteiger partial charge is 0.455 e. The lowest BCUT2D eigenvalue weighted by molar-refractivity contribution is -0.159. The summed E-state index contributed by atoms with van der Waals surface area (Å²) >= 11 is 0. The number of fused-ring (bicyclic) bond motifs is 1. The van der Waals surface area contributed by atoms with E-state index in [1.165, 1.54) is 23.2 Å². The molecule has 30 heteroatoms. The molecule has 1 amide bonds. The van der Waals surface area contributed by atoms with E-state index in [2.05, 4.69) is 39.8 Å². The fourth-order valence-electron chi connectivity index (χ4n) is 5.94. The van der Waals surface area contributed by atoms with E-state index in [1.807, 2.05) is 0 Å². The number of phosphoric acid groups is 1. The Kier molecular flexibility index (Phi) is 14.4. The fourth-order valence-corrected chi connectivity index (χ4v) is 7.25. The van der Waals surface area contributed by atoms with Crippen LogP contribution in [0, 0.1) is 0 Å². The Hall–Kier alpha value is -4.66. The molecule has 0 aliphatic carbocycles. The summed E-state index contributed by atoms with van der Waals surface area (Å²) in [5.74, 6) is -1.21. The number of anilines is 2. The van der Waals surface area contributed by atoms with Gasteiger partial charge in [-0.25, -0.2) is 33.9 Å². The van der Waals surface area contributed by atoms with Gasteiger partial charge < -0.3 is 50.6 Å². The number of aliphatic hydroxyl groups excluding tert-OH is 1. The minimum absolute atomic E-state index is 0.00616. The van der Waals surface area contributed by atoms with Crippen LogP contribution >= 0.6 is 16.0 Å². The number of phosphoric ester groups is 1. The number of aromatic nitrogens is 6. The molecule has 2 aliphatic rings. The predicted molar refractivity (Wildman–Crippen MR) is 198 cm³/mol. The molecule has 5 heterocycles. The lowest BCUT2D eigenvalue weighted by atomic mass is 10.1. The van der Waals surface area contributed by atoms with Crippen LogP contribution in [0.3, 0.4) is 0 Å². The molecule has 2 saturated heterocycles. The maximum atomic E-state index is 13.7. The van der Waals surface area contributed by atoms with Gasteiger partial charge in [-0.2, -0.15) is 19.3 Å². The largest absolute Gasteiger partial charge is 0.570 e. The van der Waals surface area contributed by atoms with Crippen molar-refractivity contribution in [1.29, 1.82) is 0 Å². The van der Waals surface area contributed by atoms with Crippen LogP contribution in [0.4, 0.5) is 16.4 Å². The molecular formula is C29H43N12O16P2+. The fraction of sp³-hybridized carbons (Fsp3) is 0.621. The van der Waals surface area contributed by atoms with Gasteiger partial charge in [-0.1, -0.05) is 5.11 Å². The molecule has 0 aromatic carbocycles. The molecule has 0 spiro atoms. The van der Waals surface area contributed by atoms with Gasteiger partial charge in [-0.05, 0) is 45.2 Å². The first-order valence-electron chi connectivity index (χ1n) is 17.5. The van der Waals surface area contributed by atoms with E-state index in [9.17, 15) is 43.6 Å². The van der Waals surface area contributed by atoms with E-state index in [-0.39, 0.29) is 48.6 Å². The van der Waals surface area contributed by atoms with Crippen molar-refractivity contribution in [2.24, 2.45) is 5.11 Å². The van der Waals surface area contributed by atoms with Gasteiger partial charge in [0.25, 0.3) is 0 Å². The Morgan fingerprint density at radius 2 is 1.92 bits per heavy atom. The van der Waals surface area contributed by atoms with Gasteiger partial charge in [0.15, 0.2) is 23.8 Å². The molecule has 0 unspecified atom stereocenters. The number of nitrogens with two attached hydrogens (primary N) is 2. The van der Waals surface area contributed by atoms with E-state index in [1.54, 1.807) is 20.8 Å². The molecule has 8 atom stereocenters. The number of nitrogen functional groups attached to an aromatic ring is 2. The van der Waals surface area contributed by atoms with Crippen LogP contribution in [0.15, 0.2) is 34.8 Å². The maximum Gasteiger partial charge on any atom is 0.570 e. The Morgan fingerprint density at radius 3 is 2.59 bits per heavy atom. The minimum Gasteiger partial charge on any atom is -0.455 e. The summed E-state index contributed by atoms with van der Waals surface area (Å²) in [4.78, 5) is 97.9. The Balaban J connectivity index is 1.37. The average molecular weight is 878 g/mol. The van der Waals surface area contributed by atoms with Crippen LogP contribution in [0.5, 0.6) is 0 Å². The van der Waals surface area contributed by atoms with Crippen LogP contribution in [0.1, 0.15) is 52.5 Å². The SMILES string of the molecule is CC(C)(C)OC(=O)N[C@@H](CCCN=[N+]=[N-])C(=O)O[C@H]1[C@@H](O)[C@H](n2cnc3c(N)ncnc32)O[C@@H]1CO[P+](O)(O)O[C@H]1C[C@H](n2ccc(N)nc2=O)O[C@@H]1COP(=O)(O)O. The number of hydrogen-bond acceptors (Lipinski definition) is 21. The highest BCUT2D eigenvalue weighted by molar-refractivity contribution is 7.54. The third kappa shape index (κ3) is 12.2. The molecule has 10 N–H and O–H groups in total. The number of ether oxygens (including phenoxy) is 4. The second-order valence-electron chi connectivity index (χ2n) is 14.0. The Morgan fingerprint density at radius 1 is 1.17 bits per heavy atom. The monoisotopic (exact) mass is 877 g/mol. The number of carbonyl (C=O) groups is 2. The summed E-state index contributed by atoms with van der Waals surface area (Å²) in [7, 11) is -10.1. The van der Waals surface area contributed by atoms with Crippen molar-refractivity contribution in [3.05, 3.63) is 45.8 Å². The molecule has 3 aromatic heterocycles. The molecule has 3 aromatic rings. The Labute approximate surface area is 333 Å². The summed E-state index contributed by atoms with van der Waals surface area (Å²) in [5, 5.41) is 17.4. The van der Waals surface area contributed by atoms with Gasteiger partial charge in [0.05, 0.1) is 12.9 Å². The Bertz CT molecular complexity index is 2130. The summed E-state index contributed by atoms with van der Waals surface area (Å²) in [5.41, 5.74) is 18.6. The van der Waals surface area contributed by atoms with Crippen molar-refractivity contribution in [3.8, 4) is 0 Å². The number of esters is 1. The molecule has 2 fully saturated rings. The molecule has 0 saturated carbocycles. The average Bonchev–Trinajstić information content (AvgIpc) is 3.82. The van der Waals surface area contributed by atoms with Crippen molar-refractivity contribution in [2.45, 2.75) is 94.7 Å². The third-order valence-electron chi connectivity index (χ3n) is 8.44. The quantitative estimate of drug-likeness (QED) is 0.0218. The van der Waals surface area contributed by atoms with Crippen LogP contribution in [0.25, 0.3) is 21.6 Å². The zero-order valence-corrected chi connectivity index (χ0v) is 33.3. The van der Waals surface area contributed by atoms with E-state index < -0.39 is 102 Å². The zero-order valence-electron chi connectivity index (χ0n) is 31.5. The van der Waals surface area contributed by atoms with Crippen molar-refractivity contribution < 1.29 is 71.4 Å². The molecule has 0 bridgehead atoms. The first kappa shape index (κ1) is 45.4. The molecule has 324 valence electrons. The maximum absolute atomic E-state index is 13.7. The van der Waals surface area contributed by atoms with E-state index in [0.29, 0.717) is 0 Å². The lowest BCUT2D eigenvalue weighted by Gasteiger charge is -2.26. The van der Waals surface area contributed by atoms with Crippen molar-refractivity contribution in [3.63, 3.8) is 0 Å². The van der Waals surface area contributed by atoms with E-state index >= 15 is 0 Å². The van der Waals surface area contributed by atoms with Crippen LogP contribution in [0.2, 0.25) is 0 Å². The van der Waals surface area contributed by atoms with Crippen LogP contribution in [-0.2, 0) is 41.9 Å². The lowest BCUT2D eigenvalue weighted by Crippen LogP contribution is -2.47. The zero-order chi connectivity index (χ0) is 43.3. The van der Waals surface area contributed by atoms with Gasteiger partial charge in [0.1, 0.15) is 66.6 Å². The van der Waals surface area contributed by atoms with Crippen molar-refractivity contribution in [2.75, 3.05) is 31.2 Å². The number of hydrogen-bond donors (Lipinski definition) is 8. The number of alkyl carbamates (subject to hydrolysis) is 1. The second-order valence-corrected chi connectivity index (χ2v) is 16.6. The van der Waals surface area contributed by atoms with Gasteiger partial charge in [-0.3, -0.25) is 13.7 Å². The minimum atomic E-state index is -5.07. The number of nitrogens with zero attached hydrogens (tertiary/aromatic N) is 9. The highest BCUT2D eigenvalue weighted by Gasteiger charge is 2.54. The number of rotatable bonds is 17. The highest BCUT2D eigenvalue weighted by Crippen LogP contribution is 2.56. The number of imidazole rings is 1. The molecule has 59 heavy (non-hydrogen) atoms. The molecule has 28 nitrogen and oxygen atoms in total. The van der Waals surface area contributed by atoms with Gasteiger partial charge in [-0.15, -0.1) is 4.52 Å². The van der Waals surface area contributed by atoms with Crippen LogP contribution in [-0.4, -0.2) is 128 Å². The normalized spacial score (nSPS) is 24.1. The standard InChI is InChI=1S/C29H42N12O16P2/c1-29(2,3)56-28(45)37-14(5-4-7-36-39-32)26(43)55-22-17(54-25(21(22)42)41-13-35-20-23(31)33-12-34-24(20)41)11-52-59(49,50)57-15-9-19(40-8-6-18(30)38-27(40)44)53-16(15)10-51-58(46,47)48/h6,8,12-17,19,21-22,25,42,49-50H,4-5,7,9-11H2,1-3H3,(H6-,30,31,33,34,37,38,44,45,46,47,48)/p+1/t14-,15-,16+,17+,19+,21+,22+,25+/m0/s1.